The van der Waals surface area contributed by atoms with Crippen LogP contribution in [0.3, 0.4) is 0 Å². The maximum Gasteiger partial charge on any atom is 0.226 e. The third-order valence-electron chi connectivity index (χ3n) is 5.04. The molecule has 6 nitrogen and oxygen atoms in total. The number of benzene rings is 2. The lowest BCUT2D eigenvalue weighted by atomic mass is 10.2. The smallest absolute Gasteiger partial charge is 0.226 e. The molecule has 0 bridgehead atoms. The van der Waals surface area contributed by atoms with Gasteiger partial charge in [-0.25, -0.2) is 0 Å². The van der Waals surface area contributed by atoms with Crippen LogP contribution >= 0.6 is 0 Å². The Balaban J connectivity index is 1.61. The summed E-state index contributed by atoms with van der Waals surface area (Å²) in [5.74, 6) is 0.405. The minimum Gasteiger partial charge on any atom is -0.492 e. The fraction of sp³-hybridized carbons (Fsp3) is 0.391. The molecule has 1 heterocycles. The number of nitrogens with one attached hydrogen (secondary N) is 1. The summed E-state index contributed by atoms with van der Waals surface area (Å²) in [5.41, 5.74) is 2.63. The van der Waals surface area contributed by atoms with Gasteiger partial charge in [0.2, 0.25) is 11.8 Å². The Morgan fingerprint density at radius 3 is 2.41 bits per heavy atom. The highest BCUT2D eigenvalue weighted by molar-refractivity contribution is 5.95. The fourth-order valence-electron chi connectivity index (χ4n) is 3.56. The van der Waals surface area contributed by atoms with Crippen molar-refractivity contribution in [2.45, 2.75) is 33.1 Å². The number of hydrogen-bond donors (Lipinski definition) is 1. The van der Waals surface area contributed by atoms with E-state index in [9.17, 15) is 9.59 Å². The average Bonchev–Trinajstić information content (AvgIpc) is 3.25. The summed E-state index contributed by atoms with van der Waals surface area (Å²) in [4.78, 5) is 28.6. The topological polar surface area (TPSA) is 61.9 Å². The Morgan fingerprint density at radius 1 is 1.07 bits per heavy atom. The molecule has 3 rings (SSSR count). The normalized spacial score (nSPS) is 13.2. The molecule has 0 unspecified atom stereocenters. The standard InChI is InChI=1S/C23H29N3O3/c1-3-29-22-9-5-4-8-21(22)24-23(28)14-17-26(18(2)27)20-12-10-19(11-13-20)25-15-6-7-16-25/h4-5,8-13H,3,6-7,14-17H2,1-2H3,(H,24,28). The van der Waals surface area contributed by atoms with Gasteiger partial charge in [-0.15, -0.1) is 0 Å². The van der Waals surface area contributed by atoms with Gasteiger partial charge in [0, 0.05) is 44.4 Å². The first-order valence-electron chi connectivity index (χ1n) is 10.2. The van der Waals surface area contributed by atoms with E-state index in [1.165, 1.54) is 25.5 Å². The molecule has 0 radical (unpaired) electrons. The van der Waals surface area contributed by atoms with Crippen LogP contribution in [0.5, 0.6) is 5.75 Å². The molecule has 1 N–H and O–H groups in total. The Hall–Kier alpha value is -3.02. The van der Waals surface area contributed by atoms with Gasteiger partial charge in [0.1, 0.15) is 5.75 Å². The maximum atomic E-state index is 12.4. The highest BCUT2D eigenvalue weighted by Crippen LogP contribution is 2.25. The molecule has 6 heteroatoms. The number of anilines is 3. The van der Waals surface area contributed by atoms with E-state index in [0.29, 0.717) is 24.6 Å². The fourth-order valence-corrected chi connectivity index (χ4v) is 3.56. The third kappa shape index (κ3) is 5.50. The van der Waals surface area contributed by atoms with Crippen molar-refractivity contribution in [1.29, 1.82) is 0 Å². The van der Waals surface area contributed by atoms with Crippen LogP contribution in [-0.4, -0.2) is 38.1 Å². The summed E-state index contributed by atoms with van der Waals surface area (Å²) in [6, 6.07) is 15.4. The lowest BCUT2D eigenvalue weighted by molar-refractivity contribution is -0.117. The molecule has 0 spiro atoms. The summed E-state index contributed by atoms with van der Waals surface area (Å²) in [5, 5.41) is 2.88. The van der Waals surface area contributed by atoms with Crippen molar-refractivity contribution in [2.24, 2.45) is 0 Å². The molecule has 0 atom stereocenters. The SMILES string of the molecule is CCOc1ccccc1NC(=O)CCN(C(C)=O)c1ccc(N2CCCC2)cc1. The third-order valence-corrected chi connectivity index (χ3v) is 5.04. The van der Waals surface area contributed by atoms with E-state index in [0.717, 1.165) is 18.8 Å². The van der Waals surface area contributed by atoms with Gasteiger partial charge in [-0.05, 0) is 56.2 Å². The molecule has 2 aromatic rings. The minimum atomic E-state index is -0.155. The second-order valence-corrected chi connectivity index (χ2v) is 7.11. The summed E-state index contributed by atoms with van der Waals surface area (Å²) in [7, 11) is 0. The molecule has 1 saturated heterocycles. The van der Waals surface area contributed by atoms with Crippen LogP contribution in [0.15, 0.2) is 48.5 Å². The lowest BCUT2D eigenvalue weighted by Gasteiger charge is -2.23. The molecular formula is C23H29N3O3. The van der Waals surface area contributed by atoms with Gasteiger partial charge in [-0.2, -0.15) is 0 Å². The zero-order chi connectivity index (χ0) is 20.6. The van der Waals surface area contributed by atoms with Crippen LogP contribution < -0.4 is 19.9 Å². The van der Waals surface area contributed by atoms with Gasteiger partial charge in [-0.1, -0.05) is 12.1 Å². The van der Waals surface area contributed by atoms with Crippen LogP contribution in [0.4, 0.5) is 17.1 Å². The zero-order valence-electron chi connectivity index (χ0n) is 17.2. The molecule has 1 aliphatic heterocycles. The molecule has 0 aromatic heterocycles. The van der Waals surface area contributed by atoms with Crippen molar-refractivity contribution >= 4 is 28.9 Å². The lowest BCUT2D eigenvalue weighted by Crippen LogP contribution is -2.32. The Morgan fingerprint density at radius 2 is 1.76 bits per heavy atom. The largest absolute Gasteiger partial charge is 0.492 e. The summed E-state index contributed by atoms with van der Waals surface area (Å²) >= 11 is 0. The summed E-state index contributed by atoms with van der Waals surface area (Å²) < 4.78 is 5.54. The second kappa shape index (κ2) is 9.96. The van der Waals surface area contributed by atoms with Crippen molar-refractivity contribution in [3.05, 3.63) is 48.5 Å². The van der Waals surface area contributed by atoms with E-state index in [1.54, 1.807) is 4.90 Å². The highest BCUT2D eigenvalue weighted by Gasteiger charge is 2.16. The van der Waals surface area contributed by atoms with Crippen LogP contribution in [0.25, 0.3) is 0 Å². The number of hydrogen-bond acceptors (Lipinski definition) is 4. The van der Waals surface area contributed by atoms with Gasteiger partial charge in [0.15, 0.2) is 0 Å². The second-order valence-electron chi connectivity index (χ2n) is 7.11. The highest BCUT2D eigenvalue weighted by atomic mass is 16.5. The van der Waals surface area contributed by atoms with E-state index < -0.39 is 0 Å². The number of para-hydroxylation sites is 2. The van der Waals surface area contributed by atoms with Gasteiger partial charge < -0.3 is 19.9 Å². The molecule has 2 amide bonds. The number of rotatable bonds is 8. The predicted molar refractivity (Wildman–Crippen MR) is 117 cm³/mol. The van der Waals surface area contributed by atoms with Gasteiger partial charge in [0.25, 0.3) is 0 Å². The molecule has 2 aromatic carbocycles. The maximum absolute atomic E-state index is 12.4. The van der Waals surface area contributed by atoms with E-state index in [4.69, 9.17) is 4.74 Å². The van der Waals surface area contributed by atoms with Crippen molar-refractivity contribution < 1.29 is 14.3 Å². The number of carbonyl (C=O) groups is 2. The van der Waals surface area contributed by atoms with Crippen molar-refractivity contribution in [2.75, 3.05) is 41.4 Å². The predicted octanol–water partition coefficient (Wildman–Crippen LogP) is 4.07. The van der Waals surface area contributed by atoms with E-state index in [2.05, 4.69) is 22.3 Å². The monoisotopic (exact) mass is 395 g/mol. The Labute approximate surface area is 172 Å². The van der Waals surface area contributed by atoms with E-state index in [1.807, 2.05) is 43.3 Å². The van der Waals surface area contributed by atoms with Gasteiger partial charge in [-0.3, -0.25) is 9.59 Å². The minimum absolute atomic E-state index is 0.0820. The first-order valence-corrected chi connectivity index (χ1v) is 10.2. The summed E-state index contributed by atoms with van der Waals surface area (Å²) in [6.07, 6.45) is 2.65. The number of ether oxygens (including phenoxy) is 1. The number of nitrogens with zero attached hydrogens (tertiary/aromatic N) is 2. The summed E-state index contributed by atoms with van der Waals surface area (Å²) in [6.45, 7) is 6.44. The molecule has 29 heavy (non-hydrogen) atoms. The first-order chi connectivity index (χ1) is 14.1. The first kappa shape index (κ1) is 20.7. The van der Waals surface area contributed by atoms with Crippen molar-refractivity contribution in [3.8, 4) is 5.75 Å². The molecule has 154 valence electrons. The average molecular weight is 396 g/mol. The van der Waals surface area contributed by atoms with Crippen molar-refractivity contribution in [1.82, 2.24) is 0 Å². The van der Waals surface area contributed by atoms with Crippen LogP contribution in [0.2, 0.25) is 0 Å². The number of carbonyl (C=O) groups excluding carboxylic acids is 2. The molecule has 1 fully saturated rings. The molecular weight excluding hydrogens is 366 g/mol. The van der Waals surface area contributed by atoms with Crippen LogP contribution in [0, 0.1) is 0 Å². The quantitative estimate of drug-likeness (QED) is 0.732. The van der Waals surface area contributed by atoms with Gasteiger partial charge in [0.05, 0.1) is 12.3 Å². The van der Waals surface area contributed by atoms with Crippen molar-refractivity contribution in [3.63, 3.8) is 0 Å². The molecule has 0 saturated carbocycles. The number of amides is 2. The van der Waals surface area contributed by atoms with E-state index in [-0.39, 0.29) is 18.2 Å². The Bertz CT molecular complexity index is 830. The van der Waals surface area contributed by atoms with Crippen LogP contribution in [-0.2, 0) is 9.59 Å². The zero-order valence-corrected chi connectivity index (χ0v) is 17.2. The molecule has 1 aliphatic rings. The van der Waals surface area contributed by atoms with E-state index >= 15 is 0 Å². The molecule has 0 aliphatic carbocycles. The van der Waals surface area contributed by atoms with Crippen LogP contribution in [0.1, 0.15) is 33.1 Å². The van der Waals surface area contributed by atoms with Gasteiger partial charge >= 0.3 is 0 Å². The Kier molecular flexibility index (Phi) is 7.11.